The second-order valence-electron chi connectivity index (χ2n) is 5.61. The molecule has 2 aromatic rings. The van der Waals surface area contributed by atoms with Crippen molar-refractivity contribution in [2.75, 3.05) is 5.73 Å². The maximum Gasteiger partial charge on any atom is 0.154 e. The Balaban J connectivity index is 1.74. The summed E-state index contributed by atoms with van der Waals surface area (Å²) in [6.07, 6.45) is 5.44. The zero-order valence-corrected chi connectivity index (χ0v) is 14.3. The summed E-state index contributed by atoms with van der Waals surface area (Å²) in [4.78, 5) is 0.620. The summed E-state index contributed by atoms with van der Waals surface area (Å²) in [6, 6.07) is 10.2. The first kappa shape index (κ1) is 16.3. The van der Waals surface area contributed by atoms with Crippen LogP contribution in [0, 0.1) is 0 Å². The molecule has 0 aliphatic heterocycles. The second kappa shape index (κ2) is 7.31. The van der Waals surface area contributed by atoms with Crippen molar-refractivity contribution in [1.29, 1.82) is 0 Å². The third kappa shape index (κ3) is 3.84. The molecule has 122 valence electrons. The Labute approximate surface area is 140 Å². The molecule has 0 saturated heterocycles. The van der Waals surface area contributed by atoms with Gasteiger partial charge in [0.15, 0.2) is 5.03 Å². The van der Waals surface area contributed by atoms with Gasteiger partial charge in [0.25, 0.3) is 0 Å². The van der Waals surface area contributed by atoms with Crippen LogP contribution in [-0.2, 0) is 21.6 Å². The predicted molar refractivity (Wildman–Crippen MR) is 90.8 cm³/mol. The molecular formula is C16H19N3O2S2. The van der Waals surface area contributed by atoms with Gasteiger partial charge in [-0.3, -0.25) is 4.21 Å². The van der Waals surface area contributed by atoms with Gasteiger partial charge in [-0.1, -0.05) is 19.3 Å². The summed E-state index contributed by atoms with van der Waals surface area (Å²) in [7, 11) is -2.54. The van der Waals surface area contributed by atoms with Crippen LogP contribution in [0.5, 0.6) is 0 Å². The predicted octanol–water partition coefficient (Wildman–Crippen LogP) is 2.67. The topological polar surface area (TPSA) is 85.9 Å². The quantitative estimate of drug-likeness (QED) is 0.858. The van der Waals surface area contributed by atoms with Gasteiger partial charge in [0.1, 0.15) is 15.8 Å². The molecule has 2 N–H and O–H groups in total. The summed E-state index contributed by atoms with van der Waals surface area (Å²) in [6.45, 7) is 0. The summed E-state index contributed by atoms with van der Waals surface area (Å²) in [5.74, 6) is 0. The lowest BCUT2D eigenvalue weighted by Gasteiger charge is -2.20. The van der Waals surface area contributed by atoms with Gasteiger partial charge in [0.2, 0.25) is 0 Å². The Kier molecular flexibility index (Phi) is 5.17. The van der Waals surface area contributed by atoms with Gasteiger partial charge in [-0.05, 0) is 49.2 Å². The zero-order chi connectivity index (χ0) is 16.2. The molecule has 2 atom stereocenters. The Morgan fingerprint density at radius 3 is 2.09 bits per heavy atom. The van der Waals surface area contributed by atoms with Crippen LogP contribution in [-0.4, -0.2) is 23.9 Å². The van der Waals surface area contributed by atoms with E-state index in [-0.39, 0.29) is 5.25 Å². The monoisotopic (exact) mass is 349 g/mol. The molecule has 1 aromatic carbocycles. The summed E-state index contributed by atoms with van der Waals surface area (Å²) in [5.41, 5.74) is 6.25. The highest BCUT2D eigenvalue weighted by Gasteiger charge is 2.22. The van der Waals surface area contributed by atoms with E-state index < -0.39 is 21.6 Å². The van der Waals surface area contributed by atoms with Crippen LogP contribution in [0.3, 0.4) is 0 Å². The van der Waals surface area contributed by atoms with Crippen molar-refractivity contribution in [1.82, 2.24) is 10.2 Å². The number of benzene rings is 1. The molecule has 1 aromatic heterocycles. The van der Waals surface area contributed by atoms with E-state index in [4.69, 9.17) is 5.73 Å². The van der Waals surface area contributed by atoms with Crippen LogP contribution < -0.4 is 5.73 Å². The fraction of sp³-hybridized carbons (Fsp3) is 0.375. The lowest BCUT2D eigenvalue weighted by atomic mass is 10.0. The van der Waals surface area contributed by atoms with Crippen molar-refractivity contribution in [2.24, 2.45) is 0 Å². The Hall–Kier alpha value is -1.60. The zero-order valence-electron chi connectivity index (χ0n) is 12.7. The molecule has 2 unspecified atom stereocenters. The van der Waals surface area contributed by atoms with Gasteiger partial charge < -0.3 is 5.73 Å². The van der Waals surface area contributed by atoms with E-state index in [0.717, 1.165) is 25.7 Å². The standard InChI is InChI=1S/C16H19N3O2S2/c17-12-6-8-14(9-7-12)23(21)16-11-10-15(18-19-16)22(20)13-4-2-1-3-5-13/h6-11,13H,1-5,17H2. The molecule has 3 rings (SSSR count). The summed E-state index contributed by atoms with van der Waals surface area (Å²) >= 11 is 0. The van der Waals surface area contributed by atoms with Crippen molar-refractivity contribution in [3.05, 3.63) is 36.4 Å². The third-order valence-electron chi connectivity index (χ3n) is 3.96. The second-order valence-corrected chi connectivity index (χ2v) is 8.71. The molecule has 0 radical (unpaired) electrons. The highest BCUT2D eigenvalue weighted by atomic mass is 32.2. The maximum atomic E-state index is 12.5. The van der Waals surface area contributed by atoms with E-state index >= 15 is 0 Å². The van der Waals surface area contributed by atoms with Gasteiger partial charge in [-0.15, -0.1) is 10.2 Å². The van der Waals surface area contributed by atoms with E-state index in [9.17, 15) is 8.42 Å². The first-order valence-electron chi connectivity index (χ1n) is 7.67. The van der Waals surface area contributed by atoms with Crippen molar-refractivity contribution < 1.29 is 8.42 Å². The molecule has 0 amide bonds. The molecule has 1 fully saturated rings. The molecule has 1 heterocycles. The van der Waals surface area contributed by atoms with E-state index in [1.54, 1.807) is 36.4 Å². The molecule has 0 spiro atoms. The highest BCUT2D eigenvalue weighted by Crippen LogP contribution is 2.25. The molecule has 23 heavy (non-hydrogen) atoms. The molecule has 7 heteroatoms. The Bertz CT molecular complexity index is 711. The van der Waals surface area contributed by atoms with Crippen LogP contribution in [0.25, 0.3) is 0 Å². The number of anilines is 1. The average molecular weight is 349 g/mol. The van der Waals surface area contributed by atoms with Gasteiger partial charge in [-0.2, -0.15) is 0 Å². The number of nitrogen functional groups attached to an aromatic ring is 1. The number of rotatable bonds is 4. The van der Waals surface area contributed by atoms with Gasteiger partial charge in [0.05, 0.1) is 10.8 Å². The largest absolute Gasteiger partial charge is 0.399 e. The van der Waals surface area contributed by atoms with Crippen LogP contribution in [0.15, 0.2) is 51.3 Å². The van der Waals surface area contributed by atoms with Gasteiger partial charge in [-0.25, -0.2) is 4.21 Å². The van der Waals surface area contributed by atoms with Crippen molar-refractivity contribution in [3.63, 3.8) is 0 Å². The van der Waals surface area contributed by atoms with Crippen molar-refractivity contribution in [3.8, 4) is 0 Å². The normalized spacial score (nSPS) is 18.4. The first-order chi connectivity index (χ1) is 11.1. The van der Waals surface area contributed by atoms with E-state index in [1.165, 1.54) is 6.42 Å². The van der Waals surface area contributed by atoms with Crippen LogP contribution in [0.4, 0.5) is 5.69 Å². The minimum Gasteiger partial charge on any atom is -0.399 e. The minimum absolute atomic E-state index is 0.173. The molecule has 1 aliphatic carbocycles. The molecule has 1 saturated carbocycles. The lowest BCUT2D eigenvalue weighted by Crippen LogP contribution is -2.19. The van der Waals surface area contributed by atoms with Crippen LogP contribution in [0.2, 0.25) is 0 Å². The molecular weight excluding hydrogens is 330 g/mol. The van der Waals surface area contributed by atoms with Gasteiger partial charge in [0, 0.05) is 15.8 Å². The number of aromatic nitrogens is 2. The number of nitrogens with two attached hydrogens (primary N) is 1. The number of nitrogens with zero attached hydrogens (tertiary/aromatic N) is 2. The third-order valence-corrected chi connectivity index (χ3v) is 6.97. The summed E-state index contributed by atoms with van der Waals surface area (Å²) in [5, 5.41) is 9.08. The molecule has 0 bridgehead atoms. The number of hydrogen-bond acceptors (Lipinski definition) is 5. The van der Waals surface area contributed by atoms with Crippen LogP contribution in [0.1, 0.15) is 32.1 Å². The Morgan fingerprint density at radius 1 is 0.870 bits per heavy atom. The minimum atomic E-state index is -1.41. The SMILES string of the molecule is Nc1ccc(S(=O)c2ccc(S(=O)C3CCCCC3)nn2)cc1. The molecule has 1 aliphatic rings. The fourth-order valence-electron chi connectivity index (χ4n) is 2.68. The maximum absolute atomic E-state index is 12.5. The average Bonchev–Trinajstić information content (AvgIpc) is 2.62. The lowest BCUT2D eigenvalue weighted by molar-refractivity contribution is 0.503. The Morgan fingerprint density at radius 2 is 1.48 bits per heavy atom. The number of hydrogen-bond donors (Lipinski definition) is 1. The summed E-state index contributed by atoms with van der Waals surface area (Å²) < 4.78 is 24.9. The van der Waals surface area contributed by atoms with E-state index in [2.05, 4.69) is 10.2 Å². The van der Waals surface area contributed by atoms with Crippen molar-refractivity contribution >= 4 is 27.3 Å². The van der Waals surface area contributed by atoms with E-state index in [1.807, 2.05) is 0 Å². The van der Waals surface area contributed by atoms with E-state index in [0.29, 0.717) is 20.6 Å². The fourth-order valence-corrected chi connectivity index (χ4v) is 5.03. The van der Waals surface area contributed by atoms with Crippen molar-refractivity contribution in [2.45, 2.75) is 52.3 Å². The molecule has 5 nitrogen and oxygen atoms in total. The first-order valence-corrected chi connectivity index (χ1v) is 10.0. The van der Waals surface area contributed by atoms with Gasteiger partial charge >= 0.3 is 0 Å². The van der Waals surface area contributed by atoms with Crippen LogP contribution >= 0.6 is 0 Å². The highest BCUT2D eigenvalue weighted by molar-refractivity contribution is 7.85. The smallest absolute Gasteiger partial charge is 0.154 e.